The average molecular weight is 417 g/mol. The van der Waals surface area contributed by atoms with Gasteiger partial charge in [0, 0.05) is 5.69 Å². The van der Waals surface area contributed by atoms with Crippen LogP contribution in [0.15, 0.2) is 40.9 Å². The molecule has 0 fully saturated rings. The van der Waals surface area contributed by atoms with Crippen LogP contribution in [0.4, 0.5) is 5.69 Å². The van der Waals surface area contributed by atoms with E-state index in [0.29, 0.717) is 19.1 Å². The minimum absolute atomic E-state index is 0. The van der Waals surface area contributed by atoms with Crippen LogP contribution in [0.2, 0.25) is 0 Å². The Kier molecular flexibility index (Phi) is 8.26. The summed E-state index contributed by atoms with van der Waals surface area (Å²) in [5.41, 5.74) is 7.94. The maximum absolute atomic E-state index is 5.88. The highest BCUT2D eigenvalue weighted by Gasteiger charge is 2.03. The standard InChI is InChI=1S/C16H23N3O2.HI/c1-12(2)21-15-7-5-14(6-8-15)19-16(17)18-10-13-4-3-9-20-11-13;/h4-8,12H,3,9-11H2,1-2H3,(H3,17,18,19);1H. The second-order valence-electron chi connectivity index (χ2n) is 5.22. The van der Waals surface area contributed by atoms with E-state index < -0.39 is 0 Å². The normalized spacial score (nSPS) is 15.0. The topological polar surface area (TPSA) is 68.9 Å². The lowest BCUT2D eigenvalue weighted by Crippen LogP contribution is -2.23. The van der Waals surface area contributed by atoms with Gasteiger partial charge in [-0.25, -0.2) is 4.99 Å². The van der Waals surface area contributed by atoms with Crippen molar-refractivity contribution in [3.8, 4) is 5.75 Å². The van der Waals surface area contributed by atoms with E-state index in [4.69, 9.17) is 15.2 Å². The molecule has 0 radical (unpaired) electrons. The van der Waals surface area contributed by atoms with Gasteiger partial charge < -0.3 is 20.5 Å². The molecule has 0 aromatic heterocycles. The van der Waals surface area contributed by atoms with Crippen molar-refractivity contribution in [3.63, 3.8) is 0 Å². The van der Waals surface area contributed by atoms with Crippen molar-refractivity contribution in [2.45, 2.75) is 26.4 Å². The quantitative estimate of drug-likeness (QED) is 0.334. The second kappa shape index (κ2) is 9.68. The summed E-state index contributed by atoms with van der Waals surface area (Å²) in [5.74, 6) is 1.24. The van der Waals surface area contributed by atoms with Crippen LogP contribution in [-0.2, 0) is 4.74 Å². The zero-order valence-corrected chi connectivity index (χ0v) is 15.4. The number of nitrogens with zero attached hydrogens (tertiary/aromatic N) is 1. The van der Waals surface area contributed by atoms with Gasteiger partial charge in [0.25, 0.3) is 0 Å². The molecule has 1 aliphatic heterocycles. The van der Waals surface area contributed by atoms with Crippen LogP contribution in [-0.4, -0.2) is 31.8 Å². The number of nitrogens with two attached hydrogens (primary N) is 1. The van der Waals surface area contributed by atoms with Crippen molar-refractivity contribution >= 4 is 35.6 Å². The molecule has 122 valence electrons. The lowest BCUT2D eigenvalue weighted by Gasteiger charge is -2.13. The molecule has 1 aromatic carbocycles. The Morgan fingerprint density at radius 3 is 2.68 bits per heavy atom. The number of benzene rings is 1. The molecule has 5 nitrogen and oxygen atoms in total. The maximum Gasteiger partial charge on any atom is 0.193 e. The summed E-state index contributed by atoms with van der Waals surface area (Å²) in [6.45, 7) is 6.03. The van der Waals surface area contributed by atoms with Gasteiger partial charge >= 0.3 is 0 Å². The smallest absolute Gasteiger partial charge is 0.193 e. The molecular formula is C16H24IN3O2. The monoisotopic (exact) mass is 417 g/mol. The van der Waals surface area contributed by atoms with Gasteiger partial charge in [-0.1, -0.05) is 6.08 Å². The summed E-state index contributed by atoms with van der Waals surface area (Å²) in [5, 5.41) is 3.07. The lowest BCUT2D eigenvalue weighted by atomic mass is 10.2. The highest BCUT2D eigenvalue weighted by Crippen LogP contribution is 2.16. The summed E-state index contributed by atoms with van der Waals surface area (Å²) < 4.78 is 11.0. The van der Waals surface area contributed by atoms with E-state index in [0.717, 1.165) is 24.5 Å². The van der Waals surface area contributed by atoms with Crippen LogP contribution in [0, 0.1) is 0 Å². The number of rotatable bonds is 5. The molecule has 0 saturated carbocycles. The highest BCUT2D eigenvalue weighted by molar-refractivity contribution is 14.0. The first-order chi connectivity index (χ1) is 10.1. The fourth-order valence-corrected chi connectivity index (χ4v) is 1.98. The summed E-state index contributed by atoms with van der Waals surface area (Å²) in [6.07, 6.45) is 3.29. The second-order valence-corrected chi connectivity index (χ2v) is 5.22. The van der Waals surface area contributed by atoms with Gasteiger partial charge in [-0.15, -0.1) is 24.0 Å². The lowest BCUT2D eigenvalue weighted by molar-refractivity contribution is 0.150. The maximum atomic E-state index is 5.88. The van der Waals surface area contributed by atoms with Gasteiger partial charge in [0.15, 0.2) is 5.96 Å². The van der Waals surface area contributed by atoms with E-state index in [1.54, 1.807) is 0 Å². The Bertz CT molecular complexity index is 513. The van der Waals surface area contributed by atoms with Gasteiger partial charge in [0.1, 0.15) is 5.75 Å². The van der Waals surface area contributed by atoms with Gasteiger partial charge in [-0.05, 0) is 50.1 Å². The molecular weight excluding hydrogens is 393 g/mol. The third-order valence-corrected chi connectivity index (χ3v) is 2.93. The highest BCUT2D eigenvalue weighted by atomic mass is 127. The van der Waals surface area contributed by atoms with Gasteiger partial charge in [0.05, 0.1) is 25.9 Å². The number of hydrogen-bond acceptors (Lipinski definition) is 3. The zero-order valence-electron chi connectivity index (χ0n) is 13.0. The van der Waals surface area contributed by atoms with Gasteiger partial charge in [0.2, 0.25) is 0 Å². The Labute approximate surface area is 149 Å². The van der Waals surface area contributed by atoms with Crippen molar-refractivity contribution in [3.05, 3.63) is 35.9 Å². The van der Waals surface area contributed by atoms with Crippen LogP contribution in [0.25, 0.3) is 0 Å². The zero-order chi connectivity index (χ0) is 15.1. The predicted molar refractivity (Wildman–Crippen MR) is 101 cm³/mol. The van der Waals surface area contributed by atoms with Crippen molar-refractivity contribution in [1.82, 2.24) is 0 Å². The molecule has 22 heavy (non-hydrogen) atoms. The Hall–Kier alpha value is -1.28. The number of aliphatic imine (C=N–C) groups is 1. The van der Waals surface area contributed by atoms with Crippen molar-refractivity contribution in [2.24, 2.45) is 10.7 Å². The molecule has 2 rings (SSSR count). The minimum atomic E-state index is 0. The molecule has 0 bridgehead atoms. The first-order valence-corrected chi connectivity index (χ1v) is 7.23. The number of hydrogen-bond donors (Lipinski definition) is 2. The van der Waals surface area contributed by atoms with Crippen molar-refractivity contribution in [1.29, 1.82) is 0 Å². The fraction of sp³-hybridized carbons (Fsp3) is 0.438. The Morgan fingerprint density at radius 1 is 1.36 bits per heavy atom. The SMILES string of the molecule is CC(C)Oc1ccc(NC(N)=NCC2=CCCOC2)cc1.I. The molecule has 1 aromatic rings. The molecule has 3 N–H and O–H groups in total. The summed E-state index contributed by atoms with van der Waals surface area (Å²) >= 11 is 0. The van der Waals surface area contributed by atoms with Crippen molar-refractivity contribution < 1.29 is 9.47 Å². The predicted octanol–water partition coefficient (Wildman–Crippen LogP) is 3.17. The molecule has 1 heterocycles. The van der Waals surface area contributed by atoms with Crippen LogP contribution in [0.5, 0.6) is 5.75 Å². The fourth-order valence-electron chi connectivity index (χ4n) is 1.98. The number of nitrogens with one attached hydrogen (secondary N) is 1. The first kappa shape index (κ1) is 18.8. The first-order valence-electron chi connectivity index (χ1n) is 7.23. The van der Waals surface area contributed by atoms with Gasteiger partial charge in [-0.2, -0.15) is 0 Å². The molecule has 6 heteroatoms. The Morgan fingerprint density at radius 2 is 2.09 bits per heavy atom. The number of guanidine groups is 1. The average Bonchev–Trinajstić information content (AvgIpc) is 2.48. The summed E-state index contributed by atoms with van der Waals surface area (Å²) in [6, 6.07) is 7.66. The molecule has 1 aliphatic rings. The Balaban J connectivity index is 0.00000242. The van der Waals surface area contributed by atoms with Crippen molar-refractivity contribution in [2.75, 3.05) is 25.1 Å². The van der Waals surface area contributed by atoms with Crippen LogP contribution >= 0.6 is 24.0 Å². The molecule has 0 spiro atoms. The third kappa shape index (κ3) is 6.65. The van der Waals surface area contributed by atoms with E-state index in [9.17, 15) is 0 Å². The minimum Gasteiger partial charge on any atom is -0.491 e. The van der Waals surface area contributed by atoms with E-state index in [-0.39, 0.29) is 30.1 Å². The van der Waals surface area contributed by atoms with Gasteiger partial charge in [-0.3, -0.25) is 0 Å². The van der Waals surface area contributed by atoms with E-state index in [2.05, 4.69) is 16.4 Å². The molecule has 0 aliphatic carbocycles. The summed E-state index contributed by atoms with van der Waals surface area (Å²) in [4.78, 5) is 4.32. The molecule has 0 atom stereocenters. The number of ether oxygens (including phenoxy) is 2. The molecule has 0 saturated heterocycles. The molecule has 0 amide bonds. The van der Waals surface area contributed by atoms with Crippen LogP contribution < -0.4 is 15.8 Å². The van der Waals surface area contributed by atoms with E-state index in [1.165, 1.54) is 5.57 Å². The number of halogens is 1. The third-order valence-electron chi connectivity index (χ3n) is 2.93. The summed E-state index contributed by atoms with van der Waals surface area (Å²) in [7, 11) is 0. The van der Waals surface area contributed by atoms with E-state index in [1.807, 2.05) is 38.1 Å². The van der Waals surface area contributed by atoms with E-state index >= 15 is 0 Å². The largest absolute Gasteiger partial charge is 0.491 e. The van der Waals surface area contributed by atoms with Crippen LogP contribution in [0.3, 0.4) is 0 Å². The number of anilines is 1. The van der Waals surface area contributed by atoms with Crippen LogP contribution in [0.1, 0.15) is 20.3 Å². The molecule has 0 unspecified atom stereocenters.